The Kier molecular flexibility index (Phi) is 14.1. The molecule has 1 heterocycles. The van der Waals surface area contributed by atoms with E-state index in [2.05, 4.69) is 27.8 Å². The fourth-order valence-electron chi connectivity index (χ4n) is 3.75. The molecule has 31 heavy (non-hydrogen) atoms. The van der Waals surface area contributed by atoms with E-state index in [0.29, 0.717) is 10.9 Å². The highest BCUT2D eigenvalue weighted by atomic mass is 79.9. The zero-order chi connectivity index (χ0) is 23.1. The largest absolute Gasteiger partial charge is 0.414 e. The third kappa shape index (κ3) is 11.9. The molecule has 0 unspecified atom stereocenters. The van der Waals surface area contributed by atoms with Crippen molar-refractivity contribution in [3.8, 4) is 0 Å². The maximum atomic E-state index is 13.6. The SMILES string of the molecule is CCCCCCCCCCCCCCCC(=O)N(C)[C@@H](c1ccc(Br)cn1)C(F)(F)F. The Bertz CT molecular complexity index is 608. The Morgan fingerprint density at radius 3 is 1.84 bits per heavy atom. The van der Waals surface area contributed by atoms with Gasteiger partial charge in [0, 0.05) is 24.1 Å². The quantitative estimate of drug-likeness (QED) is 0.211. The number of amides is 1. The Hall–Kier alpha value is -1.11. The molecule has 3 nitrogen and oxygen atoms in total. The van der Waals surface area contributed by atoms with Crippen LogP contribution in [0.5, 0.6) is 0 Å². The molecule has 0 N–H and O–H groups in total. The fraction of sp³-hybridized carbons (Fsp3) is 0.750. The highest BCUT2D eigenvalue weighted by Gasteiger charge is 2.45. The van der Waals surface area contributed by atoms with Gasteiger partial charge in [0.25, 0.3) is 0 Å². The standard InChI is InChI=1S/C24H38BrF3N2O/c1-3-4-5-6-7-8-9-10-11-12-13-14-15-16-22(31)30(2)23(24(26,27)28)21-18-17-20(25)19-29-21/h17-19,23H,3-16H2,1-2H3/t23-/m0/s1. The van der Waals surface area contributed by atoms with Crippen LogP contribution in [0.2, 0.25) is 0 Å². The minimum absolute atomic E-state index is 0.136. The Morgan fingerprint density at radius 2 is 1.42 bits per heavy atom. The number of carbonyl (C=O) groups excluding carboxylic acids is 1. The zero-order valence-electron chi connectivity index (χ0n) is 19.0. The normalized spacial score (nSPS) is 12.7. The first-order chi connectivity index (χ1) is 14.8. The number of hydrogen-bond acceptors (Lipinski definition) is 2. The van der Waals surface area contributed by atoms with Crippen molar-refractivity contribution < 1.29 is 18.0 Å². The second-order valence-corrected chi connectivity index (χ2v) is 9.26. The van der Waals surface area contributed by atoms with Crippen LogP contribution in [0, 0.1) is 0 Å². The summed E-state index contributed by atoms with van der Waals surface area (Å²) in [7, 11) is 1.21. The summed E-state index contributed by atoms with van der Waals surface area (Å²) >= 11 is 3.17. The van der Waals surface area contributed by atoms with Crippen molar-refractivity contribution in [1.29, 1.82) is 0 Å². The summed E-state index contributed by atoms with van der Waals surface area (Å²) in [5.41, 5.74) is -0.170. The van der Waals surface area contributed by atoms with E-state index in [9.17, 15) is 18.0 Å². The third-order valence-corrected chi connectivity index (χ3v) is 6.08. The highest BCUT2D eigenvalue weighted by molar-refractivity contribution is 9.10. The van der Waals surface area contributed by atoms with Crippen molar-refractivity contribution in [2.45, 2.75) is 109 Å². The molecule has 0 spiro atoms. The van der Waals surface area contributed by atoms with Crippen LogP contribution in [0.15, 0.2) is 22.8 Å². The van der Waals surface area contributed by atoms with Gasteiger partial charge in [0.1, 0.15) is 0 Å². The van der Waals surface area contributed by atoms with Crippen LogP contribution in [-0.2, 0) is 4.79 Å². The van der Waals surface area contributed by atoms with E-state index in [1.54, 1.807) is 0 Å². The molecule has 0 aliphatic rings. The second-order valence-electron chi connectivity index (χ2n) is 8.34. The van der Waals surface area contributed by atoms with Crippen LogP contribution in [0.4, 0.5) is 13.2 Å². The van der Waals surface area contributed by atoms with E-state index in [-0.39, 0.29) is 12.1 Å². The summed E-state index contributed by atoms with van der Waals surface area (Å²) in [6, 6.07) is 0.790. The predicted octanol–water partition coefficient (Wildman–Crippen LogP) is 8.39. The minimum Gasteiger partial charge on any atom is -0.329 e. The second kappa shape index (κ2) is 15.7. The van der Waals surface area contributed by atoms with E-state index in [1.807, 2.05) is 0 Å². The van der Waals surface area contributed by atoms with E-state index in [4.69, 9.17) is 0 Å². The molecule has 1 amide bonds. The van der Waals surface area contributed by atoms with Crippen LogP contribution >= 0.6 is 15.9 Å². The molecule has 0 saturated carbocycles. The van der Waals surface area contributed by atoms with Gasteiger partial charge in [0.05, 0.1) is 5.69 Å². The number of nitrogens with zero attached hydrogens (tertiary/aromatic N) is 2. The maximum absolute atomic E-state index is 13.6. The molecule has 0 bridgehead atoms. The fourth-order valence-corrected chi connectivity index (χ4v) is 3.98. The van der Waals surface area contributed by atoms with Gasteiger partial charge in [-0.1, -0.05) is 84.0 Å². The third-order valence-electron chi connectivity index (χ3n) is 5.62. The average molecular weight is 507 g/mol. The van der Waals surface area contributed by atoms with Crippen molar-refractivity contribution in [1.82, 2.24) is 9.88 Å². The smallest absolute Gasteiger partial charge is 0.329 e. The topological polar surface area (TPSA) is 33.2 Å². The summed E-state index contributed by atoms with van der Waals surface area (Å²) < 4.78 is 41.3. The molecule has 0 saturated heterocycles. The summed E-state index contributed by atoms with van der Waals surface area (Å²) in [4.78, 5) is 17.0. The average Bonchev–Trinajstić information content (AvgIpc) is 2.71. The van der Waals surface area contributed by atoms with E-state index in [1.165, 1.54) is 83.2 Å². The van der Waals surface area contributed by atoms with Crippen molar-refractivity contribution in [3.05, 3.63) is 28.5 Å². The first-order valence-corrected chi connectivity index (χ1v) is 12.5. The van der Waals surface area contributed by atoms with Gasteiger partial charge >= 0.3 is 6.18 Å². The lowest BCUT2D eigenvalue weighted by Gasteiger charge is -2.29. The molecular formula is C24H38BrF3N2O. The van der Waals surface area contributed by atoms with Crippen LogP contribution in [0.25, 0.3) is 0 Å². The number of rotatable bonds is 16. The molecule has 0 aromatic carbocycles. The summed E-state index contributed by atoms with van der Waals surface area (Å²) in [5.74, 6) is -0.491. The molecule has 7 heteroatoms. The Balaban J connectivity index is 2.22. The number of aromatic nitrogens is 1. The first-order valence-electron chi connectivity index (χ1n) is 11.7. The van der Waals surface area contributed by atoms with Gasteiger partial charge in [-0.3, -0.25) is 9.78 Å². The summed E-state index contributed by atoms with van der Waals surface area (Å²) in [6.45, 7) is 2.23. The maximum Gasteiger partial charge on any atom is 0.414 e. The summed E-state index contributed by atoms with van der Waals surface area (Å²) in [6.07, 6.45) is 12.3. The molecule has 0 radical (unpaired) electrons. The monoisotopic (exact) mass is 506 g/mol. The lowest BCUT2D eigenvalue weighted by Crippen LogP contribution is -2.40. The molecule has 0 aliphatic carbocycles. The van der Waals surface area contributed by atoms with Crippen molar-refractivity contribution in [2.75, 3.05) is 7.05 Å². The van der Waals surface area contributed by atoms with Gasteiger partial charge in [-0.05, 0) is 34.5 Å². The lowest BCUT2D eigenvalue weighted by atomic mass is 10.0. The Labute approximate surface area is 194 Å². The van der Waals surface area contributed by atoms with Crippen LogP contribution < -0.4 is 0 Å². The predicted molar refractivity (Wildman–Crippen MR) is 124 cm³/mol. The molecule has 1 atom stereocenters. The summed E-state index contributed by atoms with van der Waals surface area (Å²) in [5, 5.41) is 0. The van der Waals surface area contributed by atoms with Gasteiger partial charge in [-0.25, -0.2) is 0 Å². The van der Waals surface area contributed by atoms with E-state index < -0.39 is 18.1 Å². The number of unbranched alkanes of at least 4 members (excludes halogenated alkanes) is 12. The van der Waals surface area contributed by atoms with E-state index in [0.717, 1.165) is 24.2 Å². The van der Waals surface area contributed by atoms with Crippen molar-refractivity contribution in [2.24, 2.45) is 0 Å². The van der Waals surface area contributed by atoms with Crippen molar-refractivity contribution in [3.63, 3.8) is 0 Å². The highest BCUT2D eigenvalue weighted by Crippen LogP contribution is 2.36. The van der Waals surface area contributed by atoms with Crippen molar-refractivity contribution >= 4 is 21.8 Å². The number of pyridine rings is 1. The zero-order valence-corrected chi connectivity index (χ0v) is 20.6. The molecule has 0 aliphatic heterocycles. The number of carbonyl (C=O) groups is 1. The molecule has 1 aromatic heterocycles. The minimum atomic E-state index is -4.57. The number of halogens is 4. The van der Waals surface area contributed by atoms with Gasteiger partial charge in [-0.2, -0.15) is 13.2 Å². The lowest BCUT2D eigenvalue weighted by molar-refractivity contribution is -0.189. The molecule has 1 rings (SSSR count). The van der Waals surface area contributed by atoms with Gasteiger partial charge < -0.3 is 4.90 Å². The van der Waals surface area contributed by atoms with E-state index >= 15 is 0 Å². The molecule has 1 aromatic rings. The van der Waals surface area contributed by atoms with Gasteiger partial charge in [0.2, 0.25) is 5.91 Å². The number of alkyl halides is 3. The molecule has 178 valence electrons. The van der Waals surface area contributed by atoms with Gasteiger partial charge in [0.15, 0.2) is 6.04 Å². The Morgan fingerprint density at radius 1 is 0.935 bits per heavy atom. The van der Waals surface area contributed by atoms with Crippen LogP contribution in [-0.4, -0.2) is 29.0 Å². The molecule has 0 fully saturated rings. The van der Waals surface area contributed by atoms with Crippen LogP contribution in [0.1, 0.15) is 109 Å². The van der Waals surface area contributed by atoms with Gasteiger partial charge in [-0.15, -0.1) is 0 Å². The first kappa shape index (κ1) is 27.9. The van der Waals surface area contributed by atoms with Crippen LogP contribution in [0.3, 0.4) is 0 Å². The molecular weight excluding hydrogens is 469 g/mol. The number of hydrogen-bond donors (Lipinski definition) is 0.